The van der Waals surface area contributed by atoms with Crippen molar-refractivity contribution in [2.75, 3.05) is 13.2 Å². The molecular weight excluding hydrogens is 258 g/mol. The average molecular weight is 280 g/mol. The second kappa shape index (κ2) is 9.72. The number of hydrogen-bond donors (Lipinski definition) is 1. The van der Waals surface area contributed by atoms with Gasteiger partial charge in [0.2, 0.25) is 0 Å². The Labute approximate surface area is 121 Å². The van der Waals surface area contributed by atoms with Gasteiger partial charge in [0.05, 0.1) is 0 Å². The molecule has 1 unspecified atom stereocenters. The molecule has 0 saturated heterocycles. The van der Waals surface area contributed by atoms with Crippen LogP contribution < -0.4 is 10.1 Å². The molecule has 0 aliphatic rings. The van der Waals surface area contributed by atoms with Gasteiger partial charge < -0.3 is 10.1 Å². The van der Waals surface area contributed by atoms with Crippen molar-refractivity contribution in [3.05, 3.63) is 29.3 Å². The predicted molar refractivity (Wildman–Crippen MR) is 81.7 cm³/mol. The maximum absolute atomic E-state index is 5.93. The van der Waals surface area contributed by atoms with Crippen molar-refractivity contribution in [1.82, 2.24) is 5.32 Å². The van der Waals surface area contributed by atoms with Crippen LogP contribution in [0.5, 0.6) is 5.75 Å². The largest absolute Gasteiger partial charge is 0.492 e. The van der Waals surface area contributed by atoms with Gasteiger partial charge in [-0.3, -0.25) is 0 Å². The first-order valence-corrected chi connectivity index (χ1v) is 7.19. The van der Waals surface area contributed by atoms with Crippen LogP contribution in [0.25, 0.3) is 0 Å². The van der Waals surface area contributed by atoms with Gasteiger partial charge in [-0.1, -0.05) is 24.6 Å². The summed E-state index contributed by atoms with van der Waals surface area (Å²) >= 11 is 5.93. The Morgan fingerprint density at radius 2 is 2.32 bits per heavy atom. The molecule has 1 N–H and O–H groups in total. The molecule has 0 amide bonds. The average Bonchev–Trinajstić information content (AvgIpc) is 2.41. The highest BCUT2D eigenvalue weighted by molar-refractivity contribution is 6.30. The molecule has 19 heavy (non-hydrogen) atoms. The van der Waals surface area contributed by atoms with E-state index in [1.54, 1.807) is 0 Å². The number of benzene rings is 1. The van der Waals surface area contributed by atoms with Crippen LogP contribution in [0.3, 0.4) is 0 Å². The van der Waals surface area contributed by atoms with Gasteiger partial charge in [-0.15, -0.1) is 12.3 Å². The third-order valence-electron chi connectivity index (χ3n) is 2.80. The number of ether oxygens (including phenoxy) is 1. The van der Waals surface area contributed by atoms with Crippen molar-refractivity contribution in [1.29, 1.82) is 0 Å². The summed E-state index contributed by atoms with van der Waals surface area (Å²) in [6.45, 7) is 3.80. The van der Waals surface area contributed by atoms with Crippen molar-refractivity contribution in [2.24, 2.45) is 0 Å². The van der Waals surface area contributed by atoms with Crippen LogP contribution in [0.4, 0.5) is 0 Å². The molecule has 1 aromatic carbocycles. The topological polar surface area (TPSA) is 21.3 Å². The first-order valence-electron chi connectivity index (χ1n) is 6.81. The minimum Gasteiger partial charge on any atom is -0.492 e. The molecule has 0 saturated carbocycles. The van der Waals surface area contributed by atoms with E-state index in [1.807, 2.05) is 24.3 Å². The highest BCUT2D eigenvalue weighted by Crippen LogP contribution is 2.17. The van der Waals surface area contributed by atoms with Crippen LogP contribution in [0.1, 0.15) is 32.6 Å². The van der Waals surface area contributed by atoms with Gasteiger partial charge in [0.1, 0.15) is 12.4 Å². The molecular formula is C16H22ClNO. The van der Waals surface area contributed by atoms with Crippen LogP contribution in [0.2, 0.25) is 5.02 Å². The maximum atomic E-state index is 5.93. The summed E-state index contributed by atoms with van der Waals surface area (Å²) < 4.78 is 5.78. The van der Waals surface area contributed by atoms with Gasteiger partial charge in [0.25, 0.3) is 0 Å². The van der Waals surface area contributed by atoms with Gasteiger partial charge >= 0.3 is 0 Å². The summed E-state index contributed by atoms with van der Waals surface area (Å²) in [4.78, 5) is 0. The number of nitrogens with one attached hydrogen (secondary N) is 1. The van der Waals surface area contributed by atoms with Crippen molar-refractivity contribution < 1.29 is 4.74 Å². The van der Waals surface area contributed by atoms with Crippen LogP contribution in [0, 0.1) is 12.3 Å². The molecule has 1 atom stereocenters. The standard InChI is InChI=1S/C16H22ClNO/c1-3-5-6-9-15(18-11-4-2)13-19-16-10-7-8-14(17)12-16/h1,7-8,10,12,15,18H,4-6,9,11,13H2,2H3. The lowest BCUT2D eigenvalue weighted by Gasteiger charge is -2.18. The van der Waals surface area contributed by atoms with Crippen LogP contribution >= 0.6 is 11.6 Å². The third kappa shape index (κ3) is 7.10. The number of hydrogen-bond acceptors (Lipinski definition) is 2. The highest BCUT2D eigenvalue weighted by atomic mass is 35.5. The zero-order valence-corrected chi connectivity index (χ0v) is 12.2. The first kappa shape index (κ1) is 15.9. The highest BCUT2D eigenvalue weighted by Gasteiger charge is 2.08. The lowest BCUT2D eigenvalue weighted by atomic mass is 10.1. The van der Waals surface area contributed by atoms with Crippen LogP contribution in [-0.2, 0) is 0 Å². The quantitative estimate of drug-likeness (QED) is 0.547. The smallest absolute Gasteiger partial charge is 0.120 e. The molecule has 1 aromatic rings. The lowest BCUT2D eigenvalue weighted by Crippen LogP contribution is -2.35. The number of terminal acetylenes is 1. The number of halogens is 1. The fourth-order valence-corrected chi connectivity index (χ4v) is 1.98. The number of rotatable bonds is 9. The Morgan fingerprint density at radius 1 is 1.47 bits per heavy atom. The summed E-state index contributed by atoms with van der Waals surface area (Å²) in [6, 6.07) is 7.83. The van der Waals surface area contributed by atoms with E-state index in [9.17, 15) is 0 Å². The van der Waals surface area contributed by atoms with Gasteiger partial charge in [-0.25, -0.2) is 0 Å². The Kier molecular flexibility index (Phi) is 8.13. The van der Waals surface area contributed by atoms with Crippen molar-refractivity contribution >= 4 is 11.6 Å². The number of unbranched alkanes of at least 4 members (excludes halogenated alkanes) is 1. The van der Waals surface area contributed by atoms with E-state index in [0.29, 0.717) is 17.7 Å². The fourth-order valence-electron chi connectivity index (χ4n) is 1.80. The summed E-state index contributed by atoms with van der Waals surface area (Å²) in [6.07, 6.45) is 9.27. The van der Waals surface area contributed by atoms with E-state index in [2.05, 4.69) is 18.2 Å². The van der Waals surface area contributed by atoms with E-state index >= 15 is 0 Å². The third-order valence-corrected chi connectivity index (χ3v) is 3.04. The summed E-state index contributed by atoms with van der Waals surface area (Å²) in [5.41, 5.74) is 0. The zero-order valence-electron chi connectivity index (χ0n) is 11.5. The first-order chi connectivity index (χ1) is 9.26. The van der Waals surface area contributed by atoms with E-state index in [-0.39, 0.29) is 0 Å². The molecule has 3 heteroatoms. The summed E-state index contributed by atoms with van der Waals surface area (Å²) in [5.74, 6) is 3.49. The molecule has 0 bridgehead atoms. The summed E-state index contributed by atoms with van der Waals surface area (Å²) in [7, 11) is 0. The van der Waals surface area contributed by atoms with Gasteiger partial charge in [0, 0.05) is 17.5 Å². The van der Waals surface area contributed by atoms with E-state index < -0.39 is 0 Å². The molecule has 0 heterocycles. The van der Waals surface area contributed by atoms with Gasteiger partial charge in [0.15, 0.2) is 0 Å². The second-order valence-electron chi connectivity index (χ2n) is 4.52. The lowest BCUT2D eigenvalue weighted by molar-refractivity contribution is 0.255. The Balaban J connectivity index is 2.40. The van der Waals surface area contributed by atoms with Crippen LogP contribution in [0.15, 0.2) is 24.3 Å². The second-order valence-corrected chi connectivity index (χ2v) is 4.95. The molecule has 0 fully saturated rings. The maximum Gasteiger partial charge on any atom is 0.120 e. The van der Waals surface area contributed by atoms with Crippen molar-refractivity contribution in [3.8, 4) is 18.1 Å². The van der Waals surface area contributed by atoms with E-state index in [0.717, 1.165) is 38.0 Å². The molecule has 0 aliphatic carbocycles. The zero-order chi connectivity index (χ0) is 13.9. The Hall–Kier alpha value is -1.17. The monoisotopic (exact) mass is 279 g/mol. The normalized spacial score (nSPS) is 11.8. The van der Waals surface area contributed by atoms with Crippen LogP contribution in [-0.4, -0.2) is 19.2 Å². The molecule has 0 aromatic heterocycles. The fraction of sp³-hybridized carbons (Fsp3) is 0.500. The molecule has 0 aliphatic heterocycles. The minimum atomic E-state index is 0.340. The minimum absolute atomic E-state index is 0.340. The Bertz CT molecular complexity index is 400. The van der Waals surface area contributed by atoms with E-state index in [4.69, 9.17) is 22.8 Å². The van der Waals surface area contributed by atoms with Crippen molar-refractivity contribution in [2.45, 2.75) is 38.6 Å². The van der Waals surface area contributed by atoms with E-state index in [1.165, 1.54) is 0 Å². The van der Waals surface area contributed by atoms with Crippen molar-refractivity contribution in [3.63, 3.8) is 0 Å². The molecule has 2 nitrogen and oxygen atoms in total. The van der Waals surface area contributed by atoms with Gasteiger partial charge in [-0.2, -0.15) is 0 Å². The SMILES string of the molecule is C#CCCCC(COc1cccc(Cl)c1)NCCC. The molecule has 104 valence electrons. The Morgan fingerprint density at radius 3 is 3.00 bits per heavy atom. The molecule has 0 spiro atoms. The van der Waals surface area contributed by atoms with Gasteiger partial charge in [-0.05, 0) is 44.0 Å². The molecule has 0 radical (unpaired) electrons. The molecule has 1 rings (SSSR count). The summed E-state index contributed by atoms with van der Waals surface area (Å²) in [5, 5.41) is 4.18. The predicted octanol–water partition coefficient (Wildman–Crippen LogP) is 3.89.